The smallest absolute Gasteiger partial charge is 0.245 e. The van der Waals surface area contributed by atoms with Gasteiger partial charge in [-0.15, -0.1) is 0 Å². The average Bonchev–Trinajstić information content (AvgIpc) is 2.96. The minimum Gasteiger partial charge on any atom is -0.395 e. The Morgan fingerprint density at radius 2 is 1.95 bits per heavy atom. The Morgan fingerprint density at radius 3 is 2.55 bits per heavy atom. The molecule has 0 aromatic carbocycles. The van der Waals surface area contributed by atoms with Crippen molar-refractivity contribution in [1.29, 1.82) is 0 Å². The van der Waals surface area contributed by atoms with Crippen LogP contribution in [-0.4, -0.2) is 69.9 Å². The van der Waals surface area contributed by atoms with Crippen LogP contribution in [0.2, 0.25) is 0 Å². The average molecular weight is 280 g/mol. The third-order valence-corrected chi connectivity index (χ3v) is 3.40. The van der Waals surface area contributed by atoms with Crippen molar-refractivity contribution in [3.8, 4) is 0 Å². The lowest BCUT2D eigenvalue weighted by Crippen LogP contribution is -2.48. The summed E-state index contributed by atoms with van der Waals surface area (Å²) in [6.07, 6.45) is 4.95. The SMILES string of the molecule is O=C(C1CCCN1c1ncccn1)N(CCO)CCO. The molecule has 20 heavy (non-hydrogen) atoms. The van der Waals surface area contributed by atoms with Crippen molar-refractivity contribution in [2.45, 2.75) is 18.9 Å². The molecule has 0 saturated carbocycles. The standard InChI is InChI=1S/C13H20N4O3/c18-9-7-16(8-10-19)12(20)11-3-1-6-17(11)13-14-4-2-5-15-13/h2,4-5,11,18-19H,1,3,6-10H2. The number of aliphatic hydroxyl groups is 2. The number of amides is 1. The van der Waals surface area contributed by atoms with Crippen molar-refractivity contribution in [1.82, 2.24) is 14.9 Å². The molecule has 1 saturated heterocycles. The van der Waals surface area contributed by atoms with Crippen LogP contribution in [0.25, 0.3) is 0 Å². The molecule has 1 aliphatic heterocycles. The number of carbonyl (C=O) groups excluding carboxylic acids is 1. The predicted octanol–water partition coefficient (Wildman–Crippen LogP) is -0.741. The van der Waals surface area contributed by atoms with Crippen LogP contribution in [0, 0.1) is 0 Å². The predicted molar refractivity (Wildman–Crippen MR) is 73.2 cm³/mol. The van der Waals surface area contributed by atoms with E-state index in [2.05, 4.69) is 9.97 Å². The molecule has 2 heterocycles. The van der Waals surface area contributed by atoms with Crippen LogP contribution in [-0.2, 0) is 4.79 Å². The highest BCUT2D eigenvalue weighted by molar-refractivity contribution is 5.85. The van der Waals surface area contributed by atoms with Crippen molar-refractivity contribution in [3.05, 3.63) is 18.5 Å². The minimum atomic E-state index is -0.310. The Hall–Kier alpha value is -1.73. The summed E-state index contributed by atoms with van der Waals surface area (Å²) in [5.74, 6) is 0.467. The van der Waals surface area contributed by atoms with Crippen LogP contribution in [0.15, 0.2) is 18.5 Å². The van der Waals surface area contributed by atoms with Gasteiger partial charge in [-0.1, -0.05) is 0 Å². The van der Waals surface area contributed by atoms with Gasteiger partial charge in [-0.3, -0.25) is 4.79 Å². The summed E-state index contributed by atoms with van der Waals surface area (Å²) >= 11 is 0. The molecule has 1 aliphatic rings. The number of hydrogen-bond acceptors (Lipinski definition) is 6. The van der Waals surface area contributed by atoms with E-state index in [9.17, 15) is 4.79 Å². The molecule has 1 aromatic heterocycles. The van der Waals surface area contributed by atoms with Gasteiger partial charge in [0.25, 0.3) is 0 Å². The highest BCUT2D eigenvalue weighted by Crippen LogP contribution is 2.23. The molecule has 2 rings (SSSR count). The number of carbonyl (C=O) groups is 1. The van der Waals surface area contributed by atoms with E-state index in [4.69, 9.17) is 10.2 Å². The van der Waals surface area contributed by atoms with E-state index < -0.39 is 0 Å². The second kappa shape index (κ2) is 7.16. The molecule has 110 valence electrons. The van der Waals surface area contributed by atoms with E-state index in [0.717, 1.165) is 19.4 Å². The Labute approximate surface area is 117 Å². The number of nitrogens with zero attached hydrogens (tertiary/aromatic N) is 4. The molecule has 0 radical (unpaired) electrons. The molecule has 1 amide bonds. The van der Waals surface area contributed by atoms with Crippen LogP contribution in [0.4, 0.5) is 5.95 Å². The summed E-state index contributed by atoms with van der Waals surface area (Å²) in [7, 11) is 0. The number of rotatable bonds is 6. The first-order valence-corrected chi connectivity index (χ1v) is 6.82. The first-order valence-electron chi connectivity index (χ1n) is 6.82. The number of aromatic nitrogens is 2. The van der Waals surface area contributed by atoms with Gasteiger partial charge in [0.1, 0.15) is 6.04 Å². The quantitative estimate of drug-likeness (QED) is 0.713. The van der Waals surface area contributed by atoms with Crippen molar-refractivity contribution in [2.24, 2.45) is 0 Å². The number of hydrogen-bond donors (Lipinski definition) is 2. The fraction of sp³-hybridized carbons (Fsp3) is 0.615. The molecule has 1 unspecified atom stereocenters. The van der Waals surface area contributed by atoms with Gasteiger partial charge in [0.05, 0.1) is 13.2 Å². The minimum absolute atomic E-state index is 0.0851. The van der Waals surface area contributed by atoms with E-state index in [-0.39, 0.29) is 38.3 Å². The lowest BCUT2D eigenvalue weighted by molar-refractivity contribution is -0.133. The summed E-state index contributed by atoms with van der Waals surface area (Å²) in [4.78, 5) is 24.3. The highest BCUT2D eigenvalue weighted by Gasteiger charge is 2.34. The van der Waals surface area contributed by atoms with Gasteiger partial charge in [-0.2, -0.15) is 0 Å². The molecule has 1 aromatic rings. The van der Waals surface area contributed by atoms with Crippen LogP contribution in [0.1, 0.15) is 12.8 Å². The van der Waals surface area contributed by atoms with E-state index in [1.807, 2.05) is 4.90 Å². The first kappa shape index (κ1) is 14.7. The fourth-order valence-corrected chi connectivity index (χ4v) is 2.49. The Bertz CT molecular complexity index is 423. The van der Waals surface area contributed by atoms with Crippen LogP contribution in [0.5, 0.6) is 0 Å². The maximum Gasteiger partial charge on any atom is 0.245 e. The maximum atomic E-state index is 12.5. The maximum absolute atomic E-state index is 12.5. The van der Waals surface area contributed by atoms with Gasteiger partial charge in [0.15, 0.2) is 0 Å². The monoisotopic (exact) mass is 280 g/mol. The van der Waals surface area contributed by atoms with E-state index >= 15 is 0 Å². The van der Waals surface area contributed by atoms with Gasteiger partial charge < -0.3 is 20.0 Å². The largest absolute Gasteiger partial charge is 0.395 e. The Kier molecular flexibility index (Phi) is 5.25. The molecule has 0 aliphatic carbocycles. The van der Waals surface area contributed by atoms with Gasteiger partial charge in [0.2, 0.25) is 11.9 Å². The van der Waals surface area contributed by atoms with Crippen LogP contribution >= 0.6 is 0 Å². The van der Waals surface area contributed by atoms with Gasteiger partial charge in [-0.25, -0.2) is 9.97 Å². The second-order valence-electron chi connectivity index (χ2n) is 4.67. The fourth-order valence-electron chi connectivity index (χ4n) is 2.49. The topological polar surface area (TPSA) is 89.8 Å². The Morgan fingerprint density at radius 1 is 1.30 bits per heavy atom. The van der Waals surface area contributed by atoms with Crippen molar-refractivity contribution in [3.63, 3.8) is 0 Å². The van der Waals surface area contributed by atoms with E-state index in [1.54, 1.807) is 18.5 Å². The summed E-state index contributed by atoms with van der Waals surface area (Å²) < 4.78 is 0. The zero-order valence-electron chi connectivity index (χ0n) is 11.4. The van der Waals surface area contributed by atoms with Gasteiger partial charge in [-0.05, 0) is 18.9 Å². The first-order chi connectivity index (χ1) is 9.77. The summed E-state index contributed by atoms with van der Waals surface area (Å²) in [6.45, 7) is 0.992. The summed E-state index contributed by atoms with van der Waals surface area (Å²) in [5.41, 5.74) is 0. The molecule has 7 heteroatoms. The van der Waals surface area contributed by atoms with E-state index in [0.29, 0.717) is 5.95 Å². The molecule has 2 N–H and O–H groups in total. The normalized spacial score (nSPS) is 18.3. The number of aliphatic hydroxyl groups excluding tert-OH is 2. The third kappa shape index (κ3) is 3.23. The van der Waals surface area contributed by atoms with Crippen LogP contribution in [0.3, 0.4) is 0 Å². The molecular weight excluding hydrogens is 260 g/mol. The molecule has 1 fully saturated rings. The van der Waals surface area contributed by atoms with Gasteiger partial charge >= 0.3 is 0 Å². The van der Waals surface area contributed by atoms with E-state index in [1.165, 1.54) is 4.90 Å². The second-order valence-corrected chi connectivity index (χ2v) is 4.67. The van der Waals surface area contributed by atoms with Crippen LogP contribution < -0.4 is 4.90 Å². The molecule has 1 atom stereocenters. The zero-order chi connectivity index (χ0) is 14.4. The zero-order valence-corrected chi connectivity index (χ0v) is 11.4. The molecule has 7 nitrogen and oxygen atoms in total. The lowest BCUT2D eigenvalue weighted by atomic mass is 10.2. The molecule has 0 bridgehead atoms. The third-order valence-electron chi connectivity index (χ3n) is 3.40. The van der Waals surface area contributed by atoms with Crippen molar-refractivity contribution in [2.75, 3.05) is 37.7 Å². The van der Waals surface area contributed by atoms with Crippen molar-refractivity contribution >= 4 is 11.9 Å². The molecular formula is C13H20N4O3. The lowest BCUT2D eigenvalue weighted by Gasteiger charge is -2.29. The highest BCUT2D eigenvalue weighted by atomic mass is 16.3. The summed E-state index contributed by atoms with van der Waals surface area (Å²) in [5, 5.41) is 18.0. The van der Waals surface area contributed by atoms with Gasteiger partial charge in [0, 0.05) is 32.0 Å². The molecule has 0 spiro atoms. The van der Waals surface area contributed by atoms with Crippen molar-refractivity contribution < 1.29 is 15.0 Å². The summed E-state index contributed by atoms with van der Waals surface area (Å²) in [6, 6.07) is 1.43. The Balaban J connectivity index is 2.11. The number of anilines is 1.